The smallest absolute Gasteiger partial charge is 0.262 e. The van der Waals surface area contributed by atoms with Crippen molar-refractivity contribution in [2.75, 3.05) is 13.7 Å². The van der Waals surface area contributed by atoms with Gasteiger partial charge >= 0.3 is 0 Å². The molecule has 1 atom stereocenters. The van der Waals surface area contributed by atoms with E-state index in [2.05, 4.69) is 0 Å². The Kier molecular flexibility index (Phi) is 6.08. The molecule has 0 saturated carbocycles. The van der Waals surface area contributed by atoms with E-state index in [1.165, 1.54) is 23.5 Å². The number of sulfonamides is 1. The van der Waals surface area contributed by atoms with Crippen molar-refractivity contribution in [1.29, 1.82) is 0 Å². The summed E-state index contributed by atoms with van der Waals surface area (Å²) in [5.74, 6) is -0.152. The summed E-state index contributed by atoms with van der Waals surface area (Å²) in [6, 6.07) is 5.10. The minimum Gasteiger partial charge on any atom is -0.497 e. The van der Waals surface area contributed by atoms with E-state index < -0.39 is 27.4 Å². The Morgan fingerprint density at radius 3 is 2.44 bits per heavy atom. The second-order valence-corrected chi connectivity index (χ2v) is 8.86. The Hall–Kier alpha value is -1.64. The molecule has 2 rings (SSSR count). The van der Waals surface area contributed by atoms with Gasteiger partial charge in [-0.2, -0.15) is 4.31 Å². The van der Waals surface area contributed by atoms with Crippen molar-refractivity contribution in [3.05, 3.63) is 24.3 Å². The first-order chi connectivity index (χ1) is 11.7. The van der Waals surface area contributed by atoms with Crippen LogP contribution < -0.4 is 10.2 Å². The Balaban J connectivity index is 2.49. The Bertz CT molecular complexity index is 700. The molecule has 0 aliphatic carbocycles. The number of benzene rings is 1. The fraction of sp³-hybridized carbons (Fsp3) is 0.588. The number of nitrogens with one attached hydrogen (secondary N) is 1. The third-order valence-corrected chi connectivity index (χ3v) is 6.63. The van der Waals surface area contributed by atoms with E-state index in [1.54, 1.807) is 17.6 Å². The zero-order chi connectivity index (χ0) is 18.7. The number of hydrogen-bond acceptors (Lipinski definition) is 5. The van der Waals surface area contributed by atoms with Gasteiger partial charge in [-0.3, -0.25) is 10.0 Å². The maximum absolute atomic E-state index is 13.2. The highest BCUT2D eigenvalue weighted by atomic mass is 32.2. The van der Waals surface area contributed by atoms with Crippen molar-refractivity contribution in [1.82, 2.24) is 9.79 Å². The van der Waals surface area contributed by atoms with Gasteiger partial charge in [0.05, 0.1) is 12.0 Å². The van der Waals surface area contributed by atoms with Crippen LogP contribution in [0.15, 0.2) is 29.2 Å². The lowest BCUT2D eigenvalue weighted by atomic mass is 9.78. The number of carbonyl (C=O) groups is 1. The van der Waals surface area contributed by atoms with Crippen LogP contribution in [-0.4, -0.2) is 43.5 Å². The number of rotatable bonds is 4. The Morgan fingerprint density at radius 1 is 1.24 bits per heavy atom. The predicted molar refractivity (Wildman–Crippen MR) is 92.9 cm³/mol. The molecule has 1 fully saturated rings. The van der Waals surface area contributed by atoms with Gasteiger partial charge in [-0.15, -0.1) is 0 Å². The van der Waals surface area contributed by atoms with Crippen LogP contribution in [0.25, 0.3) is 0 Å². The quantitative estimate of drug-likeness (QED) is 0.625. The molecule has 1 aliphatic rings. The lowest BCUT2D eigenvalue weighted by Crippen LogP contribution is -2.56. The minimum atomic E-state index is -3.90. The molecule has 7 nitrogen and oxygen atoms in total. The second kappa shape index (κ2) is 7.72. The molecule has 0 bridgehead atoms. The summed E-state index contributed by atoms with van der Waals surface area (Å²) in [4.78, 5) is 12.4. The van der Waals surface area contributed by atoms with Crippen LogP contribution in [0.1, 0.15) is 39.5 Å². The maximum atomic E-state index is 13.2. The molecule has 2 N–H and O–H groups in total. The number of amides is 1. The molecule has 1 saturated heterocycles. The first-order valence-electron chi connectivity index (χ1n) is 8.34. The summed E-state index contributed by atoms with van der Waals surface area (Å²) < 4.78 is 32.7. The Morgan fingerprint density at radius 2 is 1.88 bits per heavy atom. The average Bonchev–Trinajstić information content (AvgIpc) is 2.58. The molecule has 1 amide bonds. The molecular weight excluding hydrogens is 344 g/mol. The molecule has 0 aromatic heterocycles. The van der Waals surface area contributed by atoms with Crippen LogP contribution in [0.5, 0.6) is 5.75 Å². The van der Waals surface area contributed by atoms with Crippen molar-refractivity contribution >= 4 is 15.9 Å². The lowest BCUT2D eigenvalue weighted by Gasteiger charge is -2.41. The molecule has 0 unspecified atom stereocenters. The van der Waals surface area contributed by atoms with E-state index in [-0.39, 0.29) is 11.4 Å². The SMILES string of the molecule is COc1ccc(S(=O)(=O)N2CCCCCC(C)(C)[C@@H]2C(=O)NO)cc1. The second-order valence-electron chi connectivity index (χ2n) is 6.97. The average molecular weight is 370 g/mol. The number of hydrogen-bond donors (Lipinski definition) is 2. The summed E-state index contributed by atoms with van der Waals surface area (Å²) in [6.45, 7) is 3.94. The third-order valence-electron chi connectivity index (χ3n) is 4.75. The van der Waals surface area contributed by atoms with Crippen LogP contribution in [0.2, 0.25) is 0 Å². The molecule has 0 radical (unpaired) electrons. The van der Waals surface area contributed by atoms with E-state index in [9.17, 15) is 13.2 Å². The van der Waals surface area contributed by atoms with E-state index in [0.29, 0.717) is 18.6 Å². The summed E-state index contributed by atoms with van der Waals surface area (Å²) >= 11 is 0. The molecular formula is C17H26N2O5S. The number of carbonyl (C=O) groups excluding carboxylic acids is 1. The first kappa shape index (κ1) is 19.7. The van der Waals surface area contributed by atoms with Crippen LogP contribution in [0, 0.1) is 5.41 Å². The molecule has 1 aromatic carbocycles. The highest BCUT2D eigenvalue weighted by Crippen LogP contribution is 2.36. The van der Waals surface area contributed by atoms with E-state index in [0.717, 1.165) is 12.8 Å². The molecule has 8 heteroatoms. The van der Waals surface area contributed by atoms with E-state index in [4.69, 9.17) is 9.94 Å². The zero-order valence-electron chi connectivity index (χ0n) is 14.9. The van der Waals surface area contributed by atoms with Crippen LogP contribution in [0.4, 0.5) is 0 Å². The van der Waals surface area contributed by atoms with Crippen molar-refractivity contribution in [2.45, 2.75) is 50.5 Å². The van der Waals surface area contributed by atoms with E-state index in [1.807, 2.05) is 13.8 Å². The van der Waals surface area contributed by atoms with Crippen LogP contribution >= 0.6 is 0 Å². The monoisotopic (exact) mass is 370 g/mol. The number of ether oxygens (including phenoxy) is 1. The van der Waals surface area contributed by atoms with Crippen molar-refractivity contribution in [3.8, 4) is 5.75 Å². The summed E-state index contributed by atoms with van der Waals surface area (Å²) in [5.41, 5.74) is 1.04. The van der Waals surface area contributed by atoms with Gasteiger partial charge < -0.3 is 4.74 Å². The van der Waals surface area contributed by atoms with Gasteiger partial charge in [-0.25, -0.2) is 13.9 Å². The van der Waals surface area contributed by atoms with Gasteiger partial charge in [0, 0.05) is 6.54 Å². The summed E-state index contributed by atoms with van der Waals surface area (Å²) in [5, 5.41) is 9.17. The molecule has 25 heavy (non-hydrogen) atoms. The largest absolute Gasteiger partial charge is 0.497 e. The fourth-order valence-corrected chi connectivity index (χ4v) is 5.15. The molecule has 0 spiro atoms. The number of methoxy groups -OCH3 is 1. The molecule has 1 aliphatic heterocycles. The van der Waals surface area contributed by atoms with Crippen molar-refractivity contribution in [2.24, 2.45) is 5.41 Å². The van der Waals surface area contributed by atoms with Crippen LogP contribution in [-0.2, 0) is 14.8 Å². The minimum absolute atomic E-state index is 0.0976. The first-order valence-corrected chi connectivity index (χ1v) is 9.78. The third kappa shape index (κ3) is 4.13. The van der Waals surface area contributed by atoms with Crippen LogP contribution in [0.3, 0.4) is 0 Å². The molecule has 1 aromatic rings. The Labute approximate surface area is 149 Å². The summed E-state index contributed by atoms with van der Waals surface area (Å²) in [6.07, 6.45) is 3.17. The number of nitrogens with zero attached hydrogens (tertiary/aromatic N) is 1. The predicted octanol–water partition coefficient (Wildman–Crippen LogP) is 2.16. The van der Waals surface area contributed by atoms with Gasteiger partial charge in [-0.05, 0) is 42.5 Å². The standard InChI is InChI=1S/C17H26N2O5S/c1-17(2)11-5-4-6-12-19(15(17)16(20)18-21)25(22,23)14-9-7-13(24-3)8-10-14/h7-10,15,21H,4-6,11-12H2,1-3H3,(H,18,20)/t15-/m0/s1. The van der Waals surface area contributed by atoms with Gasteiger partial charge in [0.15, 0.2) is 0 Å². The molecule has 140 valence electrons. The van der Waals surface area contributed by atoms with Gasteiger partial charge in [0.1, 0.15) is 11.8 Å². The highest BCUT2D eigenvalue weighted by Gasteiger charge is 2.45. The number of hydroxylamine groups is 1. The van der Waals surface area contributed by atoms with Gasteiger partial charge in [-0.1, -0.05) is 26.7 Å². The van der Waals surface area contributed by atoms with Gasteiger partial charge in [0.25, 0.3) is 5.91 Å². The fourth-order valence-electron chi connectivity index (χ4n) is 3.37. The normalized spacial score (nSPS) is 21.8. The molecule has 1 heterocycles. The highest BCUT2D eigenvalue weighted by molar-refractivity contribution is 7.89. The van der Waals surface area contributed by atoms with Crippen molar-refractivity contribution < 1.29 is 23.2 Å². The lowest BCUT2D eigenvalue weighted by molar-refractivity contribution is -0.137. The van der Waals surface area contributed by atoms with Crippen molar-refractivity contribution in [3.63, 3.8) is 0 Å². The summed E-state index contributed by atoms with van der Waals surface area (Å²) in [7, 11) is -2.39. The maximum Gasteiger partial charge on any atom is 0.262 e. The topological polar surface area (TPSA) is 95.9 Å². The van der Waals surface area contributed by atoms with Gasteiger partial charge in [0.2, 0.25) is 10.0 Å². The zero-order valence-corrected chi connectivity index (χ0v) is 15.7. The van der Waals surface area contributed by atoms with E-state index >= 15 is 0 Å².